The molecule has 3 fully saturated rings. The summed E-state index contributed by atoms with van der Waals surface area (Å²) in [5.41, 5.74) is 0. The van der Waals surface area contributed by atoms with Crippen molar-refractivity contribution in [3.8, 4) is 0 Å². The second kappa shape index (κ2) is 4.36. The number of likely N-dealkylation sites (tertiary alicyclic amines) is 1. The van der Waals surface area contributed by atoms with E-state index in [-0.39, 0.29) is 0 Å². The smallest absolute Gasteiger partial charge is 0.225 e. The first-order chi connectivity index (χ1) is 7.83. The SMILES string of the molecule is O=C(C1CCCC1)N1CCC2CCC(C1)N2. The van der Waals surface area contributed by atoms with Crippen LogP contribution in [-0.2, 0) is 4.79 Å². The monoisotopic (exact) mass is 222 g/mol. The minimum absolute atomic E-state index is 0.358. The van der Waals surface area contributed by atoms with Crippen LogP contribution in [-0.4, -0.2) is 36.0 Å². The van der Waals surface area contributed by atoms with Crippen LogP contribution in [0.4, 0.5) is 0 Å². The molecule has 3 rings (SSSR count). The molecule has 2 heterocycles. The van der Waals surface area contributed by atoms with Gasteiger partial charge in [0.05, 0.1) is 0 Å². The highest BCUT2D eigenvalue weighted by Gasteiger charge is 2.34. The van der Waals surface area contributed by atoms with Crippen molar-refractivity contribution in [3.63, 3.8) is 0 Å². The number of carbonyl (C=O) groups excluding carboxylic acids is 1. The van der Waals surface area contributed by atoms with Crippen molar-refractivity contribution in [2.45, 2.75) is 57.0 Å². The second-order valence-electron chi connectivity index (χ2n) is 5.69. The van der Waals surface area contributed by atoms with Gasteiger partial charge in [0.25, 0.3) is 0 Å². The summed E-state index contributed by atoms with van der Waals surface area (Å²) < 4.78 is 0. The molecule has 0 aromatic heterocycles. The van der Waals surface area contributed by atoms with Crippen LogP contribution in [0.25, 0.3) is 0 Å². The molecule has 90 valence electrons. The highest BCUT2D eigenvalue weighted by Crippen LogP contribution is 2.28. The topological polar surface area (TPSA) is 32.3 Å². The van der Waals surface area contributed by atoms with Gasteiger partial charge in [0.2, 0.25) is 5.91 Å². The van der Waals surface area contributed by atoms with Crippen molar-refractivity contribution in [1.82, 2.24) is 10.2 Å². The zero-order valence-electron chi connectivity index (χ0n) is 9.95. The minimum atomic E-state index is 0.358. The third-order valence-electron chi connectivity index (χ3n) is 4.54. The fourth-order valence-electron chi connectivity index (χ4n) is 3.57. The van der Waals surface area contributed by atoms with Gasteiger partial charge in [-0.1, -0.05) is 12.8 Å². The van der Waals surface area contributed by atoms with Crippen LogP contribution in [0.1, 0.15) is 44.9 Å². The van der Waals surface area contributed by atoms with E-state index < -0.39 is 0 Å². The fraction of sp³-hybridized carbons (Fsp3) is 0.923. The highest BCUT2D eigenvalue weighted by atomic mass is 16.2. The summed E-state index contributed by atoms with van der Waals surface area (Å²) in [5.74, 6) is 0.809. The summed E-state index contributed by atoms with van der Waals surface area (Å²) >= 11 is 0. The zero-order chi connectivity index (χ0) is 11.0. The predicted molar refractivity (Wildman–Crippen MR) is 63.1 cm³/mol. The molecule has 0 aromatic rings. The molecule has 2 unspecified atom stereocenters. The molecule has 16 heavy (non-hydrogen) atoms. The van der Waals surface area contributed by atoms with Gasteiger partial charge in [-0.15, -0.1) is 0 Å². The van der Waals surface area contributed by atoms with Gasteiger partial charge in [0.15, 0.2) is 0 Å². The molecule has 3 nitrogen and oxygen atoms in total. The molecule has 2 saturated heterocycles. The fourth-order valence-corrected chi connectivity index (χ4v) is 3.57. The van der Waals surface area contributed by atoms with Crippen molar-refractivity contribution in [2.75, 3.05) is 13.1 Å². The summed E-state index contributed by atoms with van der Waals surface area (Å²) in [7, 11) is 0. The van der Waals surface area contributed by atoms with Crippen molar-refractivity contribution in [3.05, 3.63) is 0 Å². The van der Waals surface area contributed by atoms with Crippen LogP contribution in [0.5, 0.6) is 0 Å². The van der Waals surface area contributed by atoms with Gasteiger partial charge in [-0.25, -0.2) is 0 Å². The van der Waals surface area contributed by atoms with Crippen LogP contribution in [0.3, 0.4) is 0 Å². The van der Waals surface area contributed by atoms with Crippen LogP contribution in [0, 0.1) is 5.92 Å². The molecular formula is C13H22N2O. The number of carbonyl (C=O) groups is 1. The van der Waals surface area contributed by atoms with E-state index in [4.69, 9.17) is 0 Å². The normalized spacial score (nSPS) is 35.4. The molecule has 2 aliphatic heterocycles. The average molecular weight is 222 g/mol. The van der Waals surface area contributed by atoms with Crippen LogP contribution in [0.15, 0.2) is 0 Å². The molecule has 2 atom stereocenters. The van der Waals surface area contributed by atoms with Gasteiger partial charge in [0.1, 0.15) is 0 Å². The van der Waals surface area contributed by atoms with E-state index in [1.165, 1.54) is 25.7 Å². The van der Waals surface area contributed by atoms with E-state index in [9.17, 15) is 4.79 Å². The van der Waals surface area contributed by atoms with Crippen molar-refractivity contribution in [2.24, 2.45) is 5.92 Å². The van der Waals surface area contributed by atoms with Crippen molar-refractivity contribution in [1.29, 1.82) is 0 Å². The third kappa shape index (κ3) is 1.97. The minimum Gasteiger partial charge on any atom is -0.341 e. The van der Waals surface area contributed by atoms with Gasteiger partial charge in [-0.05, 0) is 32.1 Å². The second-order valence-corrected chi connectivity index (χ2v) is 5.69. The van der Waals surface area contributed by atoms with E-state index in [0.29, 0.717) is 23.9 Å². The van der Waals surface area contributed by atoms with E-state index >= 15 is 0 Å². The standard InChI is InChI=1S/C13H22N2O/c16-13(10-3-1-2-4-10)15-8-7-11-5-6-12(9-15)14-11/h10-12,14H,1-9H2. The van der Waals surface area contributed by atoms with Crippen LogP contribution in [0.2, 0.25) is 0 Å². The lowest BCUT2D eigenvalue weighted by Crippen LogP contribution is -2.41. The molecule has 0 radical (unpaired) electrons. The summed E-state index contributed by atoms with van der Waals surface area (Å²) in [6.45, 7) is 1.95. The number of hydrogen-bond acceptors (Lipinski definition) is 2. The first-order valence-electron chi connectivity index (χ1n) is 6.88. The van der Waals surface area contributed by atoms with Crippen molar-refractivity contribution >= 4 is 5.91 Å². The molecule has 0 aromatic carbocycles. The van der Waals surface area contributed by atoms with Gasteiger partial charge in [-0.3, -0.25) is 4.79 Å². The lowest BCUT2D eigenvalue weighted by molar-refractivity contribution is -0.135. The Bertz CT molecular complexity index is 273. The average Bonchev–Trinajstić information content (AvgIpc) is 2.87. The van der Waals surface area contributed by atoms with Gasteiger partial charge >= 0.3 is 0 Å². The Labute approximate surface area is 97.6 Å². The lowest BCUT2D eigenvalue weighted by atomic mass is 10.0. The summed E-state index contributed by atoms with van der Waals surface area (Å²) in [6, 6.07) is 1.27. The summed E-state index contributed by atoms with van der Waals surface area (Å²) in [4.78, 5) is 14.5. The molecule has 2 bridgehead atoms. The molecule has 1 amide bonds. The zero-order valence-corrected chi connectivity index (χ0v) is 9.95. The number of rotatable bonds is 1. The van der Waals surface area contributed by atoms with E-state index in [2.05, 4.69) is 10.2 Å². The molecule has 1 N–H and O–H groups in total. The Hall–Kier alpha value is -0.570. The summed E-state index contributed by atoms with van der Waals surface area (Å²) in [5, 5.41) is 3.63. The van der Waals surface area contributed by atoms with E-state index in [1.807, 2.05) is 0 Å². The van der Waals surface area contributed by atoms with E-state index in [0.717, 1.165) is 32.4 Å². The van der Waals surface area contributed by atoms with Gasteiger partial charge in [-0.2, -0.15) is 0 Å². The number of nitrogens with zero attached hydrogens (tertiary/aromatic N) is 1. The Balaban J connectivity index is 1.63. The molecule has 3 heteroatoms. The lowest BCUT2D eigenvalue weighted by Gasteiger charge is -2.27. The highest BCUT2D eigenvalue weighted by molar-refractivity contribution is 5.79. The molecule has 1 saturated carbocycles. The Morgan fingerprint density at radius 2 is 1.75 bits per heavy atom. The number of fused-ring (bicyclic) bond motifs is 2. The quantitative estimate of drug-likeness (QED) is 0.729. The number of hydrogen-bond donors (Lipinski definition) is 1. The maximum absolute atomic E-state index is 12.3. The predicted octanol–water partition coefficient (Wildman–Crippen LogP) is 1.53. The maximum atomic E-state index is 12.3. The molecule has 3 aliphatic rings. The number of amides is 1. The molecular weight excluding hydrogens is 200 g/mol. The molecule has 0 spiro atoms. The van der Waals surface area contributed by atoms with Crippen LogP contribution < -0.4 is 5.32 Å². The van der Waals surface area contributed by atoms with Gasteiger partial charge < -0.3 is 10.2 Å². The Morgan fingerprint density at radius 1 is 1.00 bits per heavy atom. The largest absolute Gasteiger partial charge is 0.341 e. The maximum Gasteiger partial charge on any atom is 0.225 e. The first kappa shape index (κ1) is 10.6. The summed E-state index contributed by atoms with van der Waals surface area (Å²) in [6.07, 6.45) is 8.53. The van der Waals surface area contributed by atoms with Crippen LogP contribution >= 0.6 is 0 Å². The van der Waals surface area contributed by atoms with Crippen molar-refractivity contribution < 1.29 is 4.79 Å². The van der Waals surface area contributed by atoms with E-state index in [1.54, 1.807) is 0 Å². The Kier molecular flexibility index (Phi) is 2.88. The Morgan fingerprint density at radius 3 is 2.56 bits per heavy atom. The third-order valence-corrected chi connectivity index (χ3v) is 4.54. The number of nitrogens with one attached hydrogen (secondary N) is 1. The molecule has 1 aliphatic carbocycles. The van der Waals surface area contributed by atoms with Gasteiger partial charge in [0, 0.05) is 31.1 Å². The first-order valence-corrected chi connectivity index (χ1v) is 6.88.